The van der Waals surface area contributed by atoms with Crippen molar-refractivity contribution < 1.29 is 13.2 Å². The third-order valence-electron chi connectivity index (χ3n) is 4.88. The van der Waals surface area contributed by atoms with Crippen LogP contribution in [0.25, 0.3) is 0 Å². The van der Waals surface area contributed by atoms with Crippen LogP contribution in [-0.4, -0.2) is 39.4 Å². The first-order valence-electron chi connectivity index (χ1n) is 9.19. The molecule has 1 amide bonds. The molecule has 2 heterocycles. The number of benzene rings is 2. The quantitative estimate of drug-likeness (QED) is 0.690. The molecular formula is C21H21N3O3S2. The van der Waals surface area contributed by atoms with E-state index in [9.17, 15) is 13.2 Å². The predicted octanol–water partition coefficient (Wildman–Crippen LogP) is 3.64. The summed E-state index contributed by atoms with van der Waals surface area (Å²) >= 11 is 1.15. The van der Waals surface area contributed by atoms with E-state index >= 15 is 0 Å². The number of hydrogen-bond donors (Lipinski definition) is 1. The number of carbonyl (C=O) groups excluding carboxylic acids is 1. The zero-order valence-electron chi connectivity index (χ0n) is 15.9. The molecular weight excluding hydrogens is 406 g/mol. The summed E-state index contributed by atoms with van der Waals surface area (Å²) in [5, 5.41) is 1.71. The van der Waals surface area contributed by atoms with Gasteiger partial charge in [0.05, 0.1) is 0 Å². The summed E-state index contributed by atoms with van der Waals surface area (Å²) in [6, 6.07) is 17.9. The first-order valence-corrected chi connectivity index (χ1v) is 11.5. The lowest BCUT2D eigenvalue weighted by Crippen LogP contribution is -2.34. The smallest absolute Gasteiger partial charge is 0.271 e. The molecule has 6 nitrogen and oxygen atoms in total. The monoisotopic (exact) mass is 427 g/mol. The van der Waals surface area contributed by atoms with Gasteiger partial charge in [-0.1, -0.05) is 30.3 Å². The molecule has 0 aliphatic carbocycles. The van der Waals surface area contributed by atoms with Crippen molar-refractivity contribution in [2.24, 2.45) is 0 Å². The Morgan fingerprint density at radius 3 is 2.66 bits per heavy atom. The van der Waals surface area contributed by atoms with Crippen LogP contribution >= 0.6 is 11.3 Å². The third kappa shape index (κ3) is 4.13. The molecule has 29 heavy (non-hydrogen) atoms. The molecule has 4 rings (SSSR count). The van der Waals surface area contributed by atoms with Gasteiger partial charge in [-0.2, -0.15) is 0 Å². The molecule has 1 N–H and O–H groups in total. The van der Waals surface area contributed by atoms with Crippen molar-refractivity contribution in [2.45, 2.75) is 10.8 Å². The van der Waals surface area contributed by atoms with Crippen molar-refractivity contribution in [1.82, 2.24) is 4.90 Å². The predicted molar refractivity (Wildman–Crippen MR) is 116 cm³/mol. The number of carbonyl (C=O) groups is 1. The molecule has 1 aliphatic heterocycles. The summed E-state index contributed by atoms with van der Waals surface area (Å²) in [5.41, 5.74) is 3.05. The molecule has 1 aliphatic rings. The van der Waals surface area contributed by atoms with Gasteiger partial charge in [0.25, 0.3) is 15.9 Å². The second kappa shape index (κ2) is 7.88. The third-order valence-corrected chi connectivity index (χ3v) is 7.66. The molecule has 8 heteroatoms. The largest absolute Gasteiger partial charge is 0.373 e. The van der Waals surface area contributed by atoms with Gasteiger partial charge >= 0.3 is 0 Å². The highest BCUT2D eigenvalue weighted by atomic mass is 32.2. The van der Waals surface area contributed by atoms with Crippen LogP contribution in [0.4, 0.5) is 11.4 Å². The van der Waals surface area contributed by atoms with Gasteiger partial charge in [-0.15, -0.1) is 11.3 Å². The number of rotatable bonds is 4. The van der Waals surface area contributed by atoms with E-state index in [-0.39, 0.29) is 10.1 Å². The summed E-state index contributed by atoms with van der Waals surface area (Å²) in [6.07, 6.45) is 0. The highest BCUT2D eigenvalue weighted by Crippen LogP contribution is 2.25. The molecule has 2 aromatic carbocycles. The van der Waals surface area contributed by atoms with Gasteiger partial charge in [-0.05, 0) is 41.3 Å². The van der Waals surface area contributed by atoms with E-state index in [4.69, 9.17) is 0 Å². The molecule has 150 valence electrons. The van der Waals surface area contributed by atoms with Crippen molar-refractivity contribution in [2.75, 3.05) is 29.8 Å². The molecule has 0 fully saturated rings. The first kappa shape index (κ1) is 19.5. The standard InChI is InChI=1S/C21H21N3O3S2/c1-23-11-12-24(15-17-6-2-3-9-19(17)23)21(25)16-7-4-8-18(14-16)22-29(26,27)20-10-5-13-28-20/h2-10,13-14,22H,11-12,15H2,1H3. The first-order chi connectivity index (χ1) is 13.9. The summed E-state index contributed by atoms with van der Waals surface area (Å²) in [4.78, 5) is 17.1. The average Bonchev–Trinajstić information content (AvgIpc) is 3.21. The maximum Gasteiger partial charge on any atom is 0.271 e. The normalized spacial score (nSPS) is 14.2. The fourth-order valence-electron chi connectivity index (χ4n) is 3.39. The number of fused-ring (bicyclic) bond motifs is 1. The highest BCUT2D eigenvalue weighted by molar-refractivity contribution is 7.94. The van der Waals surface area contributed by atoms with E-state index in [1.807, 2.05) is 25.2 Å². The van der Waals surface area contributed by atoms with E-state index in [0.29, 0.717) is 24.3 Å². The number of para-hydroxylation sites is 1. The SMILES string of the molecule is CN1CCN(C(=O)c2cccc(NS(=O)(=O)c3cccs3)c2)Cc2ccccc21. The molecule has 0 radical (unpaired) electrons. The van der Waals surface area contributed by atoms with E-state index in [2.05, 4.69) is 15.7 Å². The lowest BCUT2D eigenvalue weighted by molar-refractivity contribution is 0.0752. The van der Waals surface area contributed by atoms with E-state index in [0.717, 1.165) is 29.1 Å². The molecule has 0 saturated carbocycles. The van der Waals surface area contributed by atoms with Crippen LogP contribution in [0, 0.1) is 0 Å². The minimum Gasteiger partial charge on any atom is -0.373 e. The highest BCUT2D eigenvalue weighted by Gasteiger charge is 2.23. The molecule has 1 aromatic heterocycles. The maximum atomic E-state index is 13.1. The summed E-state index contributed by atoms with van der Waals surface area (Å²) in [5.74, 6) is -0.118. The number of amides is 1. The van der Waals surface area contributed by atoms with Crippen molar-refractivity contribution in [3.63, 3.8) is 0 Å². The Kier molecular flexibility index (Phi) is 5.29. The Hall–Kier alpha value is -2.84. The molecule has 3 aromatic rings. The number of thiophene rings is 1. The number of nitrogens with zero attached hydrogens (tertiary/aromatic N) is 2. The Morgan fingerprint density at radius 1 is 1.03 bits per heavy atom. The average molecular weight is 428 g/mol. The van der Waals surface area contributed by atoms with Gasteiger partial charge in [-0.25, -0.2) is 8.42 Å². The lowest BCUT2D eigenvalue weighted by Gasteiger charge is -2.21. The van der Waals surface area contributed by atoms with Gasteiger partial charge in [0.2, 0.25) is 0 Å². The number of sulfonamides is 1. The van der Waals surface area contributed by atoms with Crippen LogP contribution < -0.4 is 9.62 Å². The zero-order valence-corrected chi connectivity index (χ0v) is 17.5. The van der Waals surface area contributed by atoms with E-state index < -0.39 is 10.0 Å². The molecule has 0 saturated heterocycles. The summed E-state index contributed by atoms with van der Waals surface area (Å²) in [6.45, 7) is 1.84. The van der Waals surface area contributed by atoms with Crippen LogP contribution in [0.15, 0.2) is 70.3 Å². The minimum atomic E-state index is -3.65. The van der Waals surface area contributed by atoms with Gasteiger partial charge in [0.1, 0.15) is 4.21 Å². The summed E-state index contributed by atoms with van der Waals surface area (Å²) < 4.78 is 27.7. The van der Waals surface area contributed by atoms with Crippen LogP contribution in [-0.2, 0) is 16.6 Å². The lowest BCUT2D eigenvalue weighted by atomic mass is 10.1. The number of anilines is 2. The van der Waals surface area contributed by atoms with Crippen LogP contribution in [0.3, 0.4) is 0 Å². The van der Waals surface area contributed by atoms with Crippen molar-refractivity contribution in [1.29, 1.82) is 0 Å². The van der Waals surface area contributed by atoms with Gasteiger partial charge in [0, 0.05) is 43.6 Å². The Bertz CT molecular complexity index is 1130. The fourth-order valence-corrected chi connectivity index (χ4v) is 5.43. The Balaban J connectivity index is 1.56. The van der Waals surface area contributed by atoms with Crippen molar-refractivity contribution in [3.8, 4) is 0 Å². The maximum absolute atomic E-state index is 13.1. The van der Waals surface area contributed by atoms with Crippen LogP contribution in [0.1, 0.15) is 15.9 Å². The van der Waals surface area contributed by atoms with E-state index in [1.165, 1.54) is 0 Å². The van der Waals surface area contributed by atoms with Crippen molar-refractivity contribution >= 4 is 38.6 Å². The minimum absolute atomic E-state index is 0.118. The second-order valence-corrected chi connectivity index (χ2v) is 9.75. The number of likely N-dealkylation sites (N-methyl/N-ethyl adjacent to an activating group) is 1. The van der Waals surface area contributed by atoms with Crippen LogP contribution in [0.2, 0.25) is 0 Å². The Labute approximate surface area is 174 Å². The van der Waals surface area contributed by atoms with Gasteiger partial charge < -0.3 is 9.80 Å². The van der Waals surface area contributed by atoms with Crippen LogP contribution in [0.5, 0.6) is 0 Å². The number of hydrogen-bond acceptors (Lipinski definition) is 5. The van der Waals surface area contributed by atoms with Crippen molar-refractivity contribution in [3.05, 3.63) is 77.2 Å². The summed E-state index contributed by atoms with van der Waals surface area (Å²) in [7, 11) is -1.63. The Morgan fingerprint density at radius 2 is 1.86 bits per heavy atom. The fraction of sp³-hybridized carbons (Fsp3) is 0.190. The molecule has 0 atom stereocenters. The number of nitrogens with one attached hydrogen (secondary N) is 1. The topological polar surface area (TPSA) is 69.7 Å². The van der Waals surface area contributed by atoms with Gasteiger partial charge in [-0.3, -0.25) is 9.52 Å². The zero-order chi connectivity index (χ0) is 20.4. The van der Waals surface area contributed by atoms with E-state index in [1.54, 1.807) is 46.7 Å². The second-order valence-electron chi connectivity index (χ2n) is 6.90. The molecule has 0 spiro atoms. The molecule has 0 unspecified atom stereocenters. The van der Waals surface area contributed by atoms with Gasteiger partial charge in [0.15, 0.2) is 0 Å². The molecule has 0 bridgehead atoms.